The summed E-state index contributed by atoms with van der Waals surface area (Å²) in [5, 5.41) is 0. The van der Waals surface area contributed by atoms with E-state index in [4.69, 9.17) is 4.79 Å². The van der Waals surface area contributed by atoms with E-state index in [1.54, 1.807) is 0 Å². The Hall–Kier alpha value is 1.27. The van der Waals surface area contributed by atoms with Crippen LogP contribution in [0.1, 0.15) is 6.92 Å². The summed E-state index contributed by atoms with van der Waals surface area (Å²) in [6.07, 6.45) is 0.750. The van der Waals surface area contributed by atoms with Gasteiger partial charge < -0.3 is 10.3 Å². The van der Waals surface area contributed by atoms with Crippen LogP contribution in [0.15, 0.2) is 0 Å². The Kier molecular flexibility index (Phi) is 60.8. The van der Waals surface area contributed by atoms with Crippen LogP contribution in [0.3, 0.4) is 0 Å². The van der Waals surface area contributed by atoms with Gasteiger partial charge in [0.25, 0.3) is 0 Å². The summed E-state index contributed by atoms with van der Waals surface area (Å²) < 4.78 is 0. The third kappa shape index (κ3) is 35.0. The van der Waals surface area contributed by atoms with E-state index in [0.717, 1.165) is 6.29 Å². The van der Waals surface area contributed by atoms with Gasteiger partial charge >= 0.3 is 51.4 Å². The average molecular weight is 100 g/mol. The minimum absolute atomic E-state index is 0. The molecule has 0 aliphatic rings. The van der Waals surface area contributed by atoms with Crippen LogP contribution < -0.4 is 51.4 Å². The molecule has 0 aromatic rings. The second-order valence-electron chi connectivity index (χ2n) is 0.236. The van der Waals surface area contributed by atoms with Crippen LogP contribution in [0.4, 0.5) is 0 Å². The largest absolute Gasteiger partial charge is 1.00 e. The monoisotopic (exact) mass is 100.0 g/mol. The quantitative estimate of drug-likeness (QED) is 0.241. The van der Waals surface area contributed by atoms with Crippen molar-refractivity contribution in [3.63, 3.8) is 0 Å². The number of carbonyl (C=O) groups excluding carboxylic acids is 1. The van der Waals surface area contributed by atoms with Gasteiger partial charge in [-0.1, -0.05) is 0 Å². The van der Waals surface area contributed by atoms with Crippen LogP contribution in [-0.4, -0.2) is 11.8 Å². The first kappa shape index (κ1) is 16.3. The van der Waals surface area contributed by atoms with Crippen molar-refractivity contribution in [2.75, 3.05) is 0 Å². The van der Waals surface area contributed by atoms with E-state index in [1.807, 2.05) is 0 Å². The van der Waals surface area contributed by atoms with Gasteiger partial charge in [0.05, 0.1) is 0 Å². The van der Waals surface area contributed by atoms with Crippen molar-refractivity contribution >= 4 is 6.29 Å². The molecular formula is C2H5KO2. The van der Waals surface area contributed by atoms with Gasteiger partial charge in [-0.25, -0.2) is 0 Å². The Morgan fingerprint density at radius 2 is 1.60 bits per heavy atom. The molecule has 0 aliphatic heterocycles. The van der Waals surface area contributed by atoms with Gasteiger partial charge in [0.1, 0.15) is 6.29 Å². The Bertz CT molecular complexity index is 15.1. The predicted molar refractivity (Wildman–Crippen MR) is 13.7 cm³/mol. The zero-order valence-electron chi connectivity index (χ0n) is 3.43. The molecule has 0 spiro atoms. The molecule has 5 heavy (non-hydrogen) atoms. The van der Waals surface area contributed by atoms with Crippen molar-refractivity contribution in [2.24, 2.45) is 0 Å². The van der Waals surface area contributed by atoms with Crippen LogP contribution in [-0.2, 0) is 4.79 Å². The van der Waals surface area contributed by atoms with Crippen molar-refractivity contribution in [2.45, 2.75) is 6.92 Å². The van der Waals surface area contributed by atoms with Crippen molar-refractivity contribution < 1.29 is 61.7 Å². The standard InChI is InChI=1S/C2H4O.K.H2O/c1-2-3;;/h2H,1H3;;1H2/q;+1;/p-1. The third-order valence-corrected chi connectivity index (χ3v) is 0. The van der Waals surface area contributed by atoms with Gasteiger partial charge in [-0.2, -0.15) is 0 Å². The summed E-state index contributed by atoms with van der Waals surface area (Å²) >= 11 is 0. The summed E-state index contributed by atoms with van der Waals surface area (Å²) in [4.78, 5) is 8.81. The molecular weight excluding hydrogens is 95.1 g/mol. The molecule has 0 radical (unpaired) electrons. The molecule has 0 unspecified atom stereocenters. The van der Waals surface area contributed by atoms with Gasteiger partial charge in [0.15, 0.2) is 0 Å². The molecule has 3 heteroatoms. The van der Waals surface area contributed by atoms with Crippen LogP contribution in [0.5, 0.6) is 0 Å². The smallest absolute Gasteiger partial charge is 0.870 e. The SMILES string of the molecule is CC=O.[K+].[OH-]. The first-order valence-electron chi connectivity index (χ1n) is 0.813. The molecule has 2 nitrogen and oxygen atoms in total. The number of hydrogen-bond donors (Lipinski definition) is 0. The maximum Gasteiger partial charge on any atom is 1.00 e. The van der Waals surface area contributed by atoms with Gasteiger partial charge in [0.2, 0.25) is 0 Å². The van der Waals surface area contributed by atoms with E-state index < -0.39 is 0 Å². The second-order valence-corrected chi connectivity index (χ2v) is 0.236. The van der Waals surface area contributed by atoms with Crippen LogP contribution in [0.25, 0.3) is 0 Å². The molecule has 0 bridgehead atoms. The molecule has 0 aromatic carbocycles. The maximum atomic E-state index is 8.81. The molecule has 0 fully saturated rings. The van der Waals surface area contributed by atoms with Gasteiger partial charge in [-0.3, -0.25) is 0 Å². The fourth-order valence-electron chi connectivity index (χ4n) is 0. The topological polar surface area (TPSA) is 47.1 Å². The van der Waals surface area contributed by atoms with Crippen molar-refractivity contribution in [1.29, 1.82) is 0 Å². The average Bonchev–Trinajstić information content (AvgIpc) is 0.918. The summed E-state index contributed by atoms with van der Waals surface area (Å²) in [6, 6.07) is 0. The van der Waals surface area contributed by atoms with E-state index in [-0.39, 0.29) is 56.9 Å². The van der Waals surface area contributed by atoms with Crippen LogP contribution in [0, 0.1) is 0 Å². The third-order valence-electron chi connectivity index (χ3n) is 0. The van der Waals surface area contributed by atoms with Gasteiger partial charge in [-0.05, 0) is 6.92 Å². The fourth-order valence-corrected chi connectivity index (χ4v) is 0. The van der Waals surface area contributed by atoms with E-state index in [9.17, 15) is 0 Å². The van der Waals surface area contributed by atoms with E-state index in [0.29, 0.717) is 0 Å². The molecule has 0 atom stereocenters. The zero-order chi connectivity index (χ0) is 2.71. The molecule has 0 aliphatic carbocycles. The summed E-state index contributed by atoms with van der Waals surface area (Å²) in [6.45, 7) is 1.44. The Labute approximate surface area is 73.7 Å². The predicted octanol–water partition coefficient (Wildman–Crippen LogP) is -2.97. The van der Waals surface area contributed by atoms with Crippen molar-refractivity contribution in [3.8, 4) is 0 Å². The van der Waals surface area contributed by atoms with Crippen LogP contribution in [0.2, 0.25) is 0 Å². The normalized spacial score (nSPS) is 2.60. The fraction of sp³-hybridized carbons (Fsp3) is 0.500. The first-order chi connectivity index (χ1) is 1.41. The Morgan fingerprint density at radius 1 is 1.60 bits per heavy atom. The summed E-state index contributed by atoms with van der Waals surface area (Å²) in [5.74, 6) is 0. The van der Waals surface area contributed by atoms with Gasteiger partial charge in [-0.15, -0.1) is 0 Å². The van der Waals surface area contributed by atoms with Crippen molar-refractivity contribution in [1.82, 2.24) is 0 Å². The maximum absolute atomic E-state index is 8.81. The van der Waals surface area contributed by atoms with E-state index in [2.05, 4.69) is 0 Å². The molecule has 0 saturated heterocycles. The molecule has 0 aromatic heterocycles. The van der Waals surface area contributed by atoms with E-state index >= 15 is 0 Å². The zero-order valence-corrected chi connectivity index (χ0v) is 6.56. The summed E-state index contributed by atoms with van der Waals surface area (Å²) in [5.41, 5.74) is 0. The Morgan fingerprint density at radius 3 is 1.60 bits per heavy atom. The Balaban J connectivity index is -0.0000000200. The molecule has 0 amide bonds. The first-order valence-corrected chi connectivity index (χ1v) is 0.813. The number of rotatable bonds is 0. The molecule has 26 valence electrons. The van der Waals surface area contributed by atoms with E-state index in [1.165, 1.54) is 6.92 Å². The minimum Gasteiger partial charge on any atom is -0.870 e. The number of aldehydes is 1. The molecule has 0 heterocycles. The molecule has 1 N–H and O–H groups in total. The minimum atomic E-state index is 0. The second kappa shape index (κ2) is 18.7. The number of hydrogen-bond acceptors (Lipinski definition) is 2. The molecule has 0 saturated carbocycles. The van der Waals surface area contributed by atoms with Crippen molar-refractivity contribution in [3.05, 3.63) is 0 Å². The number of carbonyl (C=O) groups is 1. The molecule has 0 rings (SSSR count). The van der Waals surface area contributed by atoms with Gasteiger partial charge in [0, 0.05) is 0 Å². The summed E-state index contributed by atoms with van der Waals surface area (Å²) in [7, 11) is 0. The van der Waals surface area contributed by atoms with Crippen LogP contribution >= 0.6 is 0 Å².